The highest BCUT2D eigenvalue weighted by Gasteiger charge is 2.14. The van der Waals surface area contributed by atoms with Crippen LogP contribution in [0.1, 0.15) is 49.8 Å². The lowest BCUT2D eigenvalue weighted by molar-refractivity contribution is 0.558. The summed E-state index contributed by atoms with van der Waals surface area (Å²) < 4.78 is 0. The Hall–Kier alpha value is -1.39. The minimum atomic E-state index is 0.305. The fourth-order valence-electron chi connectivity index (χ4n) is 2.27. The largest absolute Gasteiger partial charge is 0.366 e. The van der Waals surface area contributed by atoms with E-state index < -0.39 is 0 Å². The molecule has 21 heavy (non-hydrogen) atoms. The molecule has 2 aromatic rings. The first kappa shape index (κ1) is 16.0. The van der Waals surface area contributed by atoms with Crippen LogP contribution in [0.5, 0.6) is 0 Å². The quantitative estimate of drug-likeness (QED) is 0.821. The second-order valence-corrected chi connectivity index (χ2v) is 6.40. The van der Waals surface area contributed by atoms with E-state index >= 15 is 0 Å². The predicted molar refractivity (Wildman–Crippen MR) is 92.1 cm³/mol. The summed E-state index contributed by atoms with van der Waals surface area (Å²) in [5.74, 6) is 0. The molecule has 0 radical (unpaired) electrons. The first-order valence-corrected chi connectivity index (χ1v) is 8.47. The molecule has 2 rings (SSSR count). The fraction of sp³-hybridized carbons (Fsp3) is 0.471. The standard InChI is InChI=1S/C17H25N3S/c1-5-10-18-13(2)16-9-8-15(12-19-16)20(4)14(3)17-7-6-11-21-17/h6-9,11-14,18H,5,10H2,1-4H3. The monoisotopic (exact) mass is 303 g/mol. The zero-order valence-electron chi connectivity index (χ0n) is 13.3. The molecule has 2 heterocycles. The summed E-state index contributed by atoms with van der Waals surface area (Å²) in [4.78, 5) is 8.26. The molecule has 4 heteroatoms. The van der Waals surface area contributed by atoms with Gasteiger partial charge >= 0.3 is 0 Å². The molecule has 0 fully saturated rings. The summed E-state index contributed by atoms with van der Waals surface area (Å²) in [6.45, 7) is 7.60. The van der Waals surface area contributed by atoms with Crippen molar-refractivity contribution in [2.24, 2.45) is 0 Å². The molecular weight excluding hydrogens is 278 g/mol. The maximum Gasteiger partial charge on any atom is 0.0604 e. The van der Waals surface area contributed by atoms with E-state index in [-0.39, 0.29) is 0 Å². The van der Waals surface area contributed by atoms with Crippen molar-refractivity contribution in [2.75, 3.05) is 18.5 Å². The van der Waals surface area contributed by atoms with Gasteiger partial charge in [0.05, 0.1) is 23.6 Å². The van der Waals surface area contributed by atoms with Gasteiger partial charge in [-0.15, -0.1) is 11.3 Å². The van der Waals surface area contributed by atoms with Crippen LogP contribution in [0.3, 0.4) is 0 Å². The summed E-state index contributed by atoms with van der Waals surface area (Å²) in [6.07, 6.45) is 3.12. The number of hydrogen-bond donors (Lipinski definition) is 1. The molecule has 2 aromatic heterocycles. The normalized spacial score (nSPS) is 13.9. The molecule has 3 nitrogen and oxygen atoms in total. The minimum absolute atomic E-state index is 0.305. The first-order valence-electron chi connectivity index (χ1n) is 7.59. The van der Waals surface area contributed by atoms with E-state index in [1.807, 2.05) is 6.20 Å². The van der Waals surface area contributed by atoms with E-state index in [0.717, 1.165) is 24.3 Å². The van der Waals surface area contributed by atoms with Gasteiger partial charge in [0.15, 0.2) is 0 Å². The molecule has 114 valence electrons. The highest BCUT2D eigenvalue weighted by Crippen LogP contribution is 2.28. The maximum atomic E-state index is 4.62. The molecule has 0 aliphatic heterocycles. The van der Waals surface area contributed by atoms with Crippen molar-refractivity contribution >= 4 is 17.0 Å². The molecule has 1 N–H and O–H groups in total. The van der Waals surface area contributed by atoms with Gasteiger partial charge in [0, 0.05) is 18.0 Å². The summed E-state index contributed by atoms with van der Waals surface area (Å²) in [7, 11) is 2.12. The Balaban J connectivity index is 2.04. The lowest BCUT2D eigenvalue weighted by atomic mass is 10.2. The lowest BCUT2D eigenvalue weighted by Crippen LogP contribution is -2.22. The van der Waals surface area contributed by atoms with Crippen molar-refractivity contribution in [3.8, 4) is 0 Å². The van der Waals surface area contributed by atoms with Crippen LogP contribution in [-0.2, 0) is 0 Å². The van der Waals surface area contributed by atoms with Gasteiger partial charge in [-0.25, -0.2) is 0 Å². The van der Waals surface area contributed by atoms with Crippen LogP contribution in [-0.4, -0.2) is 18.6 Å². The van der Waals surface area contributed by atoms with E-state index in [4.69, 9.17) is 0 Å². The Morgan fingerprint density at radius 2 is 2.10 bits per heavy atom. The number of aromatic nitrogens is 1. The van der Waals surface area contributed by atoms with Gasteiger partial charge in [-0.3, -0.25) is 4.98 Å². The molecular formula is C17H25N3S. The third-order valence-electron chi connectivity index (χ3n) is 3.86. The van der Waals surface area contributed by atoms with Gasteiger partial charge in [0.1, 0.15) is 0 Å². The number of rotatable bonds is 7. The third kappa shape index (κ3) is 4.05. The van der Waals surface area contributed by atoms with Crippen LogP contribution < -0.4 is 10.2 Å². The number of pyridine rings is 1. The second-order valence-electron chi connectivity index (χ2n) is 5.42. The van der Waals surface area contributed by atoms with Gasteiger partial charge < -0.3 is 10.2 Å². The SMILES string of the molecule is CCCNC(C)c1ccc(N(C)C(C)c2cccs2)cn1. The first-order chi connectivity index (χ1) is 10.1. The number of anilines is 1. The van der Waals surface area contributed by atoms with Crippen molar-refractivity contribution in [1.29, 1.82) is 0 Å². The van der Waals surface area contributed by atoms with Crippen LogP contribution in [0, 0.1) is 0 Å². The molecule has 0 aliphatic rings. The van der Waals surface area contributed by atoms with E-state index in [0.29, 0.717) is 12.1 Å². The van der Waals surface area contributed by atoms with E-state index in [2.05, 4.69) is 72.7 Å². The summed E-state index contributed by atoms with van der Waals surface area (Å²) in [6, 6.07) is 9.25. The molecule has 2 atom stereocenters. The van der Waals surface area contributed by atoms with Crippen molar-refractivity contribution in [3.05, 3.63) is 46.4 Å². The summed E-state index contributed by atoms with van der Waals surface area (Å²) >= 11 is 1.80. The number of hydrogen-bond acceptors (Lipinski definition) is 4. The zero-order chi connectivity index (χ0) is 15.2. The van der Waals surface area contributed by atoms with E-state index in [1.54, 1.807) is 11.3 Å². The van der Waals surface area contributed by atoms with Crippen LogP contribution in [0.15, 0.2) is 35.8 Å². The van der Waals surface area contributed by atoms with Crippen LogP contribution in [0.2, 0.25) is 0 Å². The van der Waals surface area contributed by atoms with Crippen LogP contribution in [0.4, 0.5) is 5.69 Å². The highest BCUT2D eigenvalue weighted by atomic mass is 32.1. The molecule has 0 spiro atoms. The molecule has 0 amide bonds. The summed E-state index contributed by atoms with van der Waals surface area (Å²) in [5.41, 5.74) is 2.26. The fourth-order valence-corrected chi connectivity index (χ4v) is 3.10. The minimum Gasteiger partial charge on any atom is -0.366 e. The van der Waals surface area contributed by atoms with Crippen molar-refractivity contribution < 1.29 is 0 Å². The Morgan fingerprint density at radius 1 is 1.29 bits per heavy atom. The molecule has 0 saturated heterocycles. The molecule has 0 saturated carbocycles. The van der Waals surface area contributed by atoms with Gasteiger partial charge in [-0.2, -0.15) is 0 Å². The topological polar surface area (TPSA) is 28.2 Å². The Morgan fingerprint density at radius 3 is 2.67 bits per heavy atom. The Labute approximate surface area is 132 Å². The summed E-state index contributed by atoms with van der Waals surface area (Å²) in [5, 5.41) is 5.60. The van der Waals surface area contributed by atoms with Gasteiger partial charge in [0.2, 0.25) is 0 Å². The van der Waals surface area contributed by atoms with Crippen molar-refractivity contribution in [2.45, 2.75) is 39.3 Å². The van der Waals surface area contributed by atoms with Crippen molar-refractivity contribution in [3.63, 3.8) is 0 Å². The van der Waals surface area contributed by atoms with Gasteiger partial charge in [0.25, 0.3) is 0 Å². The number of nitrogens with one attached hydrogen (secondary N) is 1. The Kier molecular flexibility index (Phi) is 5.76. The maximum absolute atomic E-state index is 4.62. The number of thiophene rings is 1. The van der Waals surface area contributed by atoms with Crippen LogP contribution >= 0.6 is 11.3 Å². The van der Waals surface area contributed by atoms with Crippen LogP contribution in [0.25, 0.3) is 0 Å². The Bertz CT molecular complexity index is 521. The van der Waals surface area contributed by atoms with Gasteiger partial charge in [-0.05, 0) is 50.4 Å². The number of nitrogens with zero attached hydrogens (tertiary/aromatic N) is 2. The average molecular weight is 303 g/mol. The predicted octanol–water partition coefficient (Wildman–Crippen LogP) is 4.40. The third-order valence-corrected chi connectivity index (χ3v) is 4.90. The van der Waals surface area contributed by atoms with Crippen molar-refractivity contribution in [1.82, 2.24) is 10.3 Å². The van der Waals surface area contributed by atoms with E-state index in [1.165, 1.54) is 4.88 Å². The smallest absolute Gasteiger partial charge is 0.0604 e. The molecule has 0 bridgehead atoms. The molecule has 0 aliphatic carbocycles. The zero-order valence-corrected chi connectivity index (χ0v) is 14.2. The second kappa shape index (κ2) is 7.57. The highest BCUT2D eigenvalue weighted by molar-refractivity contribution is 7.10. The molecule has 2 unspecified atom stereocenters. The molecule has 0 aromatic carbocycles. The van der Waals surface area contributed by atoms with E-state index in [9.17, 15) is 0 Å². The van der Waals surface area contributed by atoms with Gasteiger partial charge in [-0.1, -0.05) is 13.0 Å². The average Bonchev–Trinajstić information content (AvgIpc) is 3.05. The lowest BCUT2D eigenvalue weighted by Gasteiger charge is -2.26.